The summed E-state index contributed by atoms with van der Waals surface area (Å²) in [6.07, 6.45) is -0.951. The maximum absolute atomic E-state index is 12.1. The highest BCUT2D eigenvalue weighted by molar-refractivity contribution is 6.30. The molecule has 0 fully saturated rings. The molecule has 0 aliphatic heterocycles. The van der Waals surface area contributed by atoms with Crippen molar-refractivity contribution in [1.29, 1.82) is 0 Å². The zero-order valence-electron chi connectivity index (χ0n) is 12.9. The highest BCUT2D eigenvalue weighted by Gasteiger charge is 2.21. The van der Waals surface area contributed by atoms with Gasteiger partial charge >= 0.3 is 5.97 Å². The lowest BCUT2D eigenvalue weighted by Gasteiger charge is -2.15. The minimum Gasteiger partial charge on any atom is -0.493 e. The largest absolute Gasteiger partial charge is 0.493 e. The maximum Gasteiger partial charge on any atom is 0.352 e. The molecular weight excluding hydrogens is 338 g/mol. The Bertz CT molecular complexity index is 764. The van der Waals surface area contributed by atoms with Gasteiger partial charge in [0.1, 0.15) is 5.75 Å². The van der Waals surface area contributed by atoms with Crippen LogP contribution in [0.4, 0.5) is 5.69 Å². The number of esters is 1. The predicted octanol–water partition coefficient (Wildman–Crippen LogP) is 3.63. The van der Waals surface area contributed by atoms with E-state index in [4.69, 9.17) is 25.8 Å². The second kappa shape index (κ2) is 7.65. The van der Waals surface area contributed by atoms with Crippen molar-refractivity contribution in [2.45, 2.75) is 13.0 Å². The molecule has 7 nitrogen and oxygen atoms in total. The van der Waals surface area contributed by atoms with Gasteiger partial charge in [0.15, 0.2) is 17.6 Å². The van der Waals surface area contributed by atoms with Gasteiger partial charge in [0.2, 0.25) is 0 Å². The molecule has 0 bridgehead atoms. The Balaban J connectivity index is 2.13. The molecule has 0 radical (unpaired) electrons. The van der Waals surface area contributed by atoms with E-state index in [2.05, 4.69) is 0 Å². The first-order valence-electron chi connectivity index (χ1n) is 6.87. The van der Waals surface area contributed by atoms with E-state index in [0.717, 1.165) is 6.07 Å². The summed E-state index contributed by atoms with van der Waals surface area (Å²) in [4.78, 5) is 22.4. The summed E-state index contributed by atoms with van der Waals surface area (Å²) >= 11 is 5.85. The van der Waals surface area contributed by atoms with Crippen LogP contribution in [0.5, 0.6) is 17.2 Å². The predicted molar refractivity (Wildman–Crippen MR) is 86.8 cm³/mol. The van der Waals surface area contributed by atoms with Gasteiger partial charge in [-0.15, -0.1) is 0 Å². The first kappa shape index (κ1) is 17.6. The molecule has 2 aromatic carbocycles. The highest BCUT2D eigenvalue weighted by atomic mass is 35.5. The Morgan fingerprint density at radius 2 is 1.96 bits per heavy atom. The van der Waals surface area contributed by atoms with E-state index in [9.17, 15) is 14.9 Å². The number of halogens is 1. The molecule has 0 N–H and O–H groups in total. The van der Waals surface area contributed by atoms with Crippen LogP contribution in [0.3, 0.4) is 0 Å². The quantitative estimate of drug-likeness (QED) is 0.342. The molecule has 0 spiro atoms. The minimum absolute atomic E-state index is 0.0572. The number of hydrogen-bond donors (Lipinski definition) is 0. The van der Waals surface area contributed by atoms with Crippen LogP contribution in [0.25, 0.3) is 0 Å². The average molecular weight is 352 g/mol. The van der Waals surface area contributed by atoms with Crippen molar-refractivity contribution < 1.29 is 23.9 Å². The third kappa shape index (κ3) is 4.36. The summed E-state index contributed by atoms with van der Waals surface area (Å²) in [7, 11) is 1.37. The number of methoxy groups -OCH3 is 1. The van der Waals surface area contributed by atoms with E-state index in [1.54, 1.807) is 24.3 Å². The lowest BCUT2D eigenvalue weighted by Crippen LogP contribution is -2.28. The Labute approximate surface area is 142 Å². The minimum atomic E-state index is -0.951. The number of rotatable bonds is 6. The zero-order chi connectivity index (χ0) is 17.7. The summed E-state index contributed by atoms with van der Waals surface area (Å²) in [6, 6.07) is 10.3. The van der Waals surface area contributed by atoms with Crippen LogP contribution in [0.15, 0.2) is 42.5 Å². The Kier molecular flexibility index (Phi) is 5.59. The molecule has 126 valence electrons. The third-order valence-electron chi connectivity index (χ3n) is 3.01. The van der Waals surface area contributed by atoms with Crippen LogP contribution in [0.1, 0.15) is 6.92 Å². The molecular formula is C16H14ClNO6. The number of carbonyl (C=O) groups is 1. The number of nitro benzene ring substituents is 1. The molecule has 24 heavy (non-hydrogen) atoms. The molecule has 0 aromatic heterocycles. The molecule has 0 saturated carbocycles. The number of benzene rings is 2. The van der Waals surface area contributed by atoms with Crippen LogP contribution in [-0.4, -0.2) is 24.1 Å². The van der Waals surface area contributed by atoms with Gasteiger partial charge in [0.25, 0.3) is 5.69 Å². The van der Waals surface area contributed by atoms with E-state index in [1.807, 2.05) is 0 Å². The van der Waals surface area contributed by atoms with Gasteiger partial charge < -0.3 is 14.2 Å². The van der Waals surface area contributed by atoms with Gasteiger partial charge in [0.05, 0.1) is 18.1 Å². The van der Waals surface area contributed by atoms with E-state index >= 15 is 0 Å². The lowest BCUT2D eigenvalue weighted by atomic mass is 10.3. The number of nitro groups is 1. The average Bonchev–Trinajstić information content (AvgIpc) is 2.54. The van der Waals surface area contributed by atoms with Gasteiger partial charge in [-0.2, -0.15) is 0 Å². The number of hydrogen-bond acceptors (Lipinski definition) is 6. The van der Waals surface area contributed by atoms with Crippen molar-refractivity contribution in [3.63, 3.8) is 0 Å². The van der Waals surface area contributed by atoms with Gasteiger partial charge in [-0.1, -0.05) is 17.7 Å². The van der Waals surface area contributed by atoms with Crippen LogP contribution in [0.2, 0.25) is 5.02 Å². The summed E-state index contributed by atoms with van der Waals surface area (Å²) in [5.41, 5.74) is -0.220. The SMILES string of the molecule is COc1ccc([N+](=O)[O-])cc1OC(=O)C(C)Oc1cccc(Cl)c1. The van der Waals surface area contributed by atoms with Crippen molar-refractivity contribution in [1.82, 2.24) is 0 Å². The van der Waals surface area contributed by atoms with E-state index in [1.165, 1.54) is 26.2 Å². The summed E-state index contributed by atoms with van der Waals surface area (Å²) < 4.78 is 15.6. The lowest BCUT2D eigenvalue weighted by molar-refractivity contribution is -0.384. The molecule has 0 heterocycles. The topological polar surface area (TPSA) is 87.9 Å². The second-order valence-corrected chi connectivity index (χ2v) is 5.17. The molecule has 2 aromatic rings. The fraction of sp³-hybridized carbons (Fsp3) is 0.188. The maximum atomic E-state index is 12.1. The van der Waals surface area contributed by atoms with Crippen LogP contribution in [-0.2, 0) is 4.79 Å². The smallest absolute Gasteiger partial charge is 0.352 e. The van der Waals surface area contributed by atoms with Crippen LogP contribution >= 0.6 is 11.6 Å². The van der Waals surface area contributed by atoms with Crippen molar-refractivity contribution in [3.05, 3.63) is 57.6 Å². The van der Waals surface area contributed by atoms with E-state index in [0.29, 0.717) is 10.8 Å². The molecule has 1 unspecified atom stereocenters. The molecule has 1 atom stereocenters. The molecule has 0 aliphatic rings. The standard InChI is InChI=1S/C16H14ClNO6/c1-10(23-13-5-3-4-11(17)8-13)16(19)24-15-9-12(18(20)21)6-7-14(15)22-2/h3-10H,1-2H3. The first-order valence-corrected chi connectivity index (χ1v) is 7.25. The fourth-order valence-corrected chi connectivity index (χ4v) is 2.02. The molecule has 0 amide bonds. The van der Waals surface area contributed by atoms with Crippen molar-refractivity contribution in [2.24, 2.45) is 0 Å². The number of non-ortho nitro benzene ring substituents is 1. The van der Waals surface area contributed by atoms with Crippen molar-refractivity contribution in [3.8, 4) is 17.2 Å². The monoisotopic (exact) mass is 351 g/mol. The number of carbonyl (C=O) groups excluding carboxylic acids is 1. The normalized spacial score (nSPS) is 11.5. The summed E-state index contributed by atoms with van der Waals surface area (Å²) in [5.74, 6) is -0.186. The van der Waals surface area contributed by atoms with Crippen molar-refractivity contribution in [2.75, 3.05) is 7.11 Å². The second-order valence-electron chi connectivity index (χ2n) is 4.73. The molecule has 0 aliphatic carbocycles. The van der Waals surface area contributed by atoms with Crippen LogP contribution < -0.4 is 14.2 Å². The van der Waals surface area contributed by atoms with Gasteiger partial charge in [-0.05, 0) is 31.2 Å². The number of ether oxygens (including phenoxy) is 3. The summed E-state index contributed by atoms with van der Waals surface area (Å²) in [5, 5.41) is 11.3. The Hall–Kier alpha value is -2.80. The van der Waals surface area contributed by atoms with E-state index in [-0.39, 0.29) is 17.2 Å². The fourth-order valence-electron chi connectivity index (χ4n) is 1.84. The highest BCUT2D eigenvalue weighted by Crippen LogP contribution is 2.31. The Morgan fingerprint density at radius 3 is 2.58 bits per heavy atom. The third-order valence-corrected chi connectivity index (χ3v) is 3.24. The number of nitrogens with zero attached hydrogens (tertiary/aromatic N) is 1. The van der Waals surface area contributed by atoms with Crippen LogP contribution in [0, 0.1) is 10.1 Å². The zero-order valence-corrected chi connectivity index (χ0v) is 13.6. The molecule has 8 heteroatoms. The molecule has 0 saturated heterocycles. The summed E-state index contributed by atoms with van der Waals surface area (Å²) in [6.45, 7) is 1.49. The van der Waals surface area contributed by atoms with Crippen molar-refractivity contribution >= 4 is 23.3 Å². The molecule has 2 rings (SSSR count). The van der Waals surface area contributed by atoms with E-state index < -0.39 is 17.0 Å². The first-order chi connectivity index (χ1) is 11.4. The Morgan fingerprint density at radius 1 is 1.21 bits per heavy atom. The van der Waals surface area contributed by atoms with Gasteiger partial charge in [0, 0.05) is 11.1 Å². The van der Waals surface area contributed by atoms with Gasteiger partial charge in [-0.3, -0.25) is 10.1 Å². The van der Waals surface area contributed by atoms with Gasteiger partial charge in [-0.25, -0.2) is 4.79 Å².